The Bertz CT molecular complexity index is 595. The Balaban J connectivity index is 2.06. The molecule has 0 spiro atoms. The summed E-state index contributed by atoms with van der Waals surface area (Å²) in [5.41, 5.74) is 0. The molecule has 7 heteroatoms. The first kappa shape index (κ1) is 16.3. The first-order chi connectivity index (χ1) is 9.91. The van der Waals surface area contributed by atoms with E-state index in [4.69, 9.17) is 0 Å². The van der Waals surface area contributed by atoms with Gasteiger partial charge >= 0.3 is 0 Å². The fraction of sp³-hybridized carbons (Fsp3) is 0.500. The van der Waals surface area contributed by atoms with Crippen LogP contribution in [0.15, 0.2) is 29.2 Å². The molecule has 1 saturated heterocycles. The molecule has 1 fully saturated rings. The monoisotopic (exact) mass is 331 g/mol. The molecule has 0 aromatic heterocycles. The molecule has 0 bridgehead atoms. The van der Waals surface area contributed by atoms with E-state index in [1.165, 1.54) is 19.1 Å². The number of hydrogen-bond donors (Lipinski definition) is 0. The van der Waals surface area contributed by atoms with Gasteiger partial charge in [0.05, 0.1) is 10.1 Å². The number of halogens is 1. The van der Waals surface area contributed by atoms with Crippen molar-refractivity contribution in [3.05, 3.63) is 30.1 Å². The Morgan fingerprint density at radius 3 is 2.43 bits per heavy atom. The third-order valence-corrected chi connectivity index (χ3v) is 6.60. The minimum Gasteiger partial charge on any atom is -0.341 e. The number of sulfone groups is 1. The highest BCUT2D eigenvalue weighted by molar-refractivity contribution is 7.99. The van der Waals surface area contributed by atoms with Crippen molar-refractivity contribution in [2.75, 3.05) is 24.6 Å². The maximum absolute atomic E-state index is 12.9. The molecule has 2 rings (SSSR count). The van der Waals surface area contributed by atoms with Crippen LogP contribution in [0.3, 0.4) is 0 Å². The summed E-state index contributed by atoms with van der Waals surface area (Å²) in [7, 11) is -3.61. The lowest BCUT2D eigenvalue weighted by atomic mass is 10.3. The molecule has 1 aliphatic rings. The van der Waals surface area contributed by atoms with Gasteiger partial charge in [0.1, 0.15) is 5.82 Å². The molecule has 1 amide bonds. The van der Waals surface area contributed by atoms with Gasteiger partial charge in [0.15, 0.2) is 9.84 Å². The van der Waals surface area contributed by atoms with Crippen LogP contribution in [-0.2, 0) is 14.6 Å². The highest BCUT2D eigenvalue weighted by Crippen LogP contribution is 2.20. The van der Waals surface area contributed by atoms with Crippen molar-refractivity contribution in [1.82, 2.24) is 4.90 Å². The lowest BCUT2D eigenvalue weighted by Gasteiger charge is -2.27. The molecule has 1 atom stereocenters. The third kappa shape index (κ3) is 3.97. The number of rotatable bonds is 4. The summed E-state index contributed by atoms with van der Waals surface area (Å²) in [4.78, 5) is 13.9. The molecule has 1 aromatic rings. The van der Waals surface area contributed by atoms with Crippen LogP contribution >= 0.6 is 11.8 Å². The van der Waals surface area contributed by atoms with Gasteiger partial charge < -0.3 is 4.90 Å². The highest BCUT2D eigenvalue weighted by Gasteiger charge is 2.28. The van der Waals surface area contributed by atoms with E-state index in [2.05, 4.69) is 0 Å². The molecule has 0 N–H and O–H groups in total. The Kier molecular flexibility index (Phi) is 5.27. The summed E-state index contributed by atoms with van der Waals surface area (Å²) in [5.74, 6) is 1.17. The number of nitrogens with zero attached hydrogens (tertiary/aromatic N) is 1. The Labute approximate surface area is 128 Å². The molecule has 0 radical (unpaired) electrons. The maximum atomic E-state index is 12.9. The fourth-order valence-electron chi connectivity index (χ4n) is 2.15. The van der Waals surface area contributed by atoms with Gasteiger partial charge in [-0.1, -0.05) is 0 Å². The van der Waals surface area contributed by atoms with E-state index in [1.54, 1.807) is 16.7 Å². The Hall–Kier alpha value is -1.08. The van der Waals surface area contributed by atoms with Crippen LogP contribution in [0.5, 0.6) is 0 Å². The van der Waals surface area contributed by atoms with Crippen LogP contribution < -0.4 is 0 Å². The van der Waals surface area contributed by atoms with Gasteiger partial charge in [-0.05, 0) is 31.2 Å². The molecule has 1 unspecified atom stereocenters. The van der Waals surface area contributed by atoms with Gasteiger partial charge in [0.2, 0.25) is 5.91 Å². The minimum absolute atomic E-state index is 0.0373. The van der Waals surface area contributed by atoms with Crippen LogP contribution in [-0.4, -0.2) is 49.1 Å². The van der Waals surface area contributed by atoms with Crippen molar-refractivity contribution in [3.8, 4) is 0 Å². The zero-order valence-electron chi connectivity index (χ0n) is 11.8. The standard InChI is InChI=1S/C14H18FNO3S2/c1-11(10-14(17)16-6-8-20-9-7-16)21(18,19)13-4-2-12(15)3-5-13/h2-5,11H,6-10H2,1H3. The van der Waals surface area contributed by atoms with Crippen LogP contribution in [0.25, 0.3) is 0 Å². The van der Waals surface area contributed by atoms with E-state index in [1.807, 2.05) is 0 Å². The topological polar surface area (TPSA) is 54.5 Å². The number of benzene rings is 1. The van der Waals surface area contributed by atoms with Crippen molar-refractivity contribution in [1.29, 1.82) is 0 Å². The zero-order chi connectivity index (χ0) is 15.5. The van der Waals surface area contributed by atoms with Gasteiger partial charge in [-0.15, -0.1) is 0 Å². The number of amides is 1. The average Bonchev–Trinajstić information content (AvgIpc) is 2.48. The van der Waals surface area contributed by atoms with E-state index in [0.717, 1.165) is 23.6 Å². The number of carbonyl (C=O) groups is 1. The second-order valence-electron chi connectivity index (χ2n) is 5.01. The Morgan fingerprint density at radius 1 is 1.29 bits per heavy atom. The van der Waals surface area contributed by atoms with Crippen molar-refractivity contribution in [3.63, 3.8) is 0 Å². The highest BCUT2D eigenvalue weighted by atomic mass is 32.2. The number of thioether (sulfide) groups is 1. The van der Waals surface area contributed by atoms with Crippen molar-refractivity contribution < 1.29 is 17.6 Å². The van der Waals surface area contributed by atoms with E-state index < -0.39 is 20.9 Å². The average molecular weight is 331 g/mol. The van der Waals surface area contributed by atoms with Crippen molar-refractivity contribution in [2.24, 2.45) is 0 Å². The summed E-state index contributed by atoms with van der Waals surface area (Å²) in [6.07, 6.45) is -0.0373. The van der Waals surface area contributed by atoms with E-state index >= 15 is 0 Å². The van der Waals surface area contributed by atoms with E-state index in [-0.39, 0.29) is 17.2 Å². The van der Waals surface area contributed by atoms with Gasteiger partial charge in [0, 0.05) is 31.0 Å². The number of carbonyl (C=O) groups excluding carboxylic acids is 1. The zero-order valence-corrected chi connectivity index (χ0v) is 13.4. The molecule has 1 heterocycles. The summed E-state index contributed by atoms with van der Waals surface area (Å²) in [5, 5.41) is -0.815. The molecule has 4 nitrogen and oxygen atoms in total. The quantitative estimate of drug-likeness (QED) is 0.792. The fourth-order valence-corrected chi connectivity index (χ4v) is 4.40. The molecule has 21 heavy (non-hydrogen) atoms. The van der Waals surface area contributed by atoms with Crippen LogP contribution in [0.2, 0.25) is 0 Å². The largest absolute Gasteiger partial charge is 0.341 e. The predicted molar refractivity (Wildman–Crippen MR) is 81.6 cm³/mol. The molecule has 0 saturated carbocycles. The van der Waals surface area contributed by atoms with Crippen LogP contribution in [0.4, 0.5) is 4.39 Å². The molecule has 1 aliphatic heterocycles. The van der Waals surface area contributed by atoms with Crippen LogP contribution in [0.1, 0.15) is 13.3 Å². The maximum Gasteiger partial charge on any atom is 0.223 e. The van der Waals surface area contributed by atoms with Crippen molar-refractivity contribution in [2.45, 2.75) is 23.5 Å². The lowest BCUT2D eigenvalue weighted by molar-refractivity contribution is -0.130. The predicted octanol–water partition coefficient (Wildman–Crippen LogP) is 1.95. The van der Waals surface area contributed by atoms with Gasteiger partial charge in [-0.2, -0.15) is 11.8 Å². The number of hydrogen-bond acceptors (Lipinski definition) is 4. The smallest absolute Gasteiger partial charge is 0.223 e. The molecule has 116 valence electrons. The molecular weight excluding hydrogens is 313 g/mol. The van der Waals surface area contributed by atoms with Gasteiger partial charge in [-0.25, -0.2) is 12.8 Å². The Morgan fingerprint density at radius 2 is 1.86 bits per heavy atom. The van der Waals surface area contributed by atoms with Gasteiger partial charge in [-0.3, -0.25) is 4.79 Å². The second kappa shape index (κ2) is 6.79. The van der Waals surface area contributed by atoms with E-state index in [9.17, 15) is 17.6 Å². The van der Waals surface area contributed by atoms with E-state index in [0.29, 0.717) is 13.1 Å². The lowest BCUT2D eigenvalue weighted by Crippen LogP contribution is -2.40. The molecule has 0 aliphatic carbocycles. The summed E-state index contributed by atoms with van der Waals surface area (Å²) >= 11 is 1.79. The SMILES string of the molecule is CC(CC(=O)N1CCSCC1)S(=O)(=O)c1ccc(F)cc1. The first-order valence-corrected chi connectivity index (χ1v) is 9.46. The summed E-state index contributed by atoms with van der Waals surface area (Å²) in [6.45, 7) is 2.87. The summed E-state index contributed by atoms with van der Waals surface area (Å²) in [6, 6.07) is 4.71. The minimum atomic E-state index is -3.61. The van der Waals surface area contributed by atoms with Crippen LogP contribution in [0, 0.1) is 5.82 Å². The second-order valence-corrected chi connectivity index (χ2v) is 8.60. The third-order valence-electron chi connectivity index (χ3n) is 3.50. The van der Waals surface area contributed by atoms with Crippen molar-refractivity contribution >= 4 is 27.5 Å². The summed E-state index contributed by atoms with van der Waals surface area (Å²) < 4.78 is 37.6. The first-order valence-electron chi connectivity index (χ1n) is 6.76. The van der Waals surface area contributed by atoms with Gasteiger partial charge in [0.25, 0.3) is 0 Å². The molecular formula is C14H18FNO3S2. The molecule has 1 aromatic carbocycles. The normalized spacial score (nSPS) is 17.5.